The molecule has 0 aliphatic heterocycles. The van der Waals surface area contributed by atoms with Crippen LogP contribution in [0.4, 0.5) is 8.78 Å². The molecule has 0 saturated heterocycles. The van der Waals surface area contributed by atoms with E-state index in [9.17, 15) is 13.6 Å². The molecule has 0 radical (unpaired) electrons. The van der Waals surface area contributed by atoms with E-state index >= 15 is 0 Å². The number of carbonyl (C=O) groups excluding carboxylic acids is 1. The summed E-state index contributed by atoms with van der Waals surface area (Å²) in [5, 5.41) is 2.96. The number of aromatic amines is 1. The number of fused-ring (bicyclic) bond motifs is 1. The van der Waals surface area contributed by atoms with Crippen LogP contribution in [0.15, 0.2) is 73.2 Å². The van der Waals surface area contributed by atoms with Gasteiger partial charge in [0.25, 0.3) is 18.2 Å². The third-order valence-corrected chi connectivity index (χ3v) is 4.74. The van der Waals surface area contributed by atoms with Crippen LogP contribution in [0.5, 0.6) is 0 Å². The number of amides is 1. The van der Waals surface area contributed by atoms with Crippen LogP contribution >= 0.6 is 11.6 Å². The third-order valence-electron chi connectivity index (χ3n) is 4.51. The molecule has 1 unspecified atom stereocenters. The van der Waals surface area contributed by atoms with Gasteiger partial charge < -0.3 is 5.32 Å². The first kappa shape index (κ1) is 19.0. The van der Waals surface area contributed by atoms with E-state index in [1.807, 2.05) is 12.1 Å². The van der Waals surface area contributed by atoms with Gasteiger partial charge in [-0.3, -0.25) is 9.78 Å². The van der Waals surface area contributed by atoms with Gasteiger partial charge in [-0.25, -0.2) is 13.8 Å². The zero-order valence-electron chi connectivity index (χ0n) is 15.0. The van der Waals surface area contributed by atoms with Crippen LogP contribution in [0, 0.1) is 0 Å². The molecule has 0 aliphatic carbocycles. The summed E-state index contributed by atoms with van der Waals surface area (Å²) < 4.78 is 29.0. The molecule has 146 valence electrons. The van der Waals surface area contributed by atoms with E-state index < -0.39 is 18.4 Å². The second-order valence-electron chi connectivity index (χ2n) is 6.39. The molecule has 0 bridgehead atoms. The van der Waals surface area contributed by atoms with E-state index in [1.54, 1.807) is 47.0 Å². The van der Waals surface area contributed by atoms with Crippen molar-refractivity contribution in [1.29, 1.82) is 0 Å². The Balaban J connectivity index is 1.75. The minimum Gasteiger partial charge on any atom is -0.336 e. The molecule has 5 nitrogen and oxygen atoms in total. The molecule has 1 atom stereocenters. The topological polar surface area (TPSA) is 61.9 Å². The van der Waals surface area contributed by atoms with E-state index in [0.29, 0.717) is 16.4 Å². The Morgan fingerprint density at radius 3 is 2.72 bits per heavy atom. The number of halogens is 3. The number of alkyl halides is 2. The molecular formula is C21H16ClF2N4O+. The molecule has 1 aromatic carbocycles. The summed E-state index contributed by atoms with van der Waals surface area (Å²) in [6.45, 7) is 0. The number of pyridine rings is 2. The molecule has 29 heavy (non-hydrogen) atoms. The zero-order chi connectivity index (χ0) is 20.4. The number of imidazole rings is 1. The fourth-order valence-corrected chi connectivity index (χ4v) is 3.36. The van der Waals surface area contributed by atoms with Gasteiger partial charge in [0.1, 0.15) is 6.04 Å². The maximum Gasteiger partial charge on any atom is 0.296 e. The lowest BCUT2D eigenvalue weighted by Crippen LogP contribution is -2.33. The van der Waals surface area contributed by atoms with Crippen molar-refractivity contribution < 1.29 is 18.0 Å². The van der Waals surface area contributed by atoms with Crippen molar-refractivity contribution >= 4 is 23.0 Å². The summed E-state index contributed by atoms with van der Waals surface area (Å²) >= 11 is 6.10. The van der Waals surface area contributed by atoms with Gasteiger partial charge in [0.2, 0.25) is 5.69 Å². The summed E-state index contributed by atoms with van der Waals surface area (Å²) in [5.74, 6) is -0.0284. The first-order valence-corrected chi connectivity index (χ1v) is 9.19. The van der Waals surface area contributed by atoms with Crippen LogP contribution in [0.1, 0.15) is 22.1 Å². The van der Waals surface area contributed by atoms with E-state index in [1.165, 1.54) is 18.5 Å². The van der Waals surface area contributed by atoms with E-state index in [2.05, 4.69) is 15.3 Å². The van der Waals surface area contributed by atoms with Crippen LogP contribution in [-0.2, 0) is 0 Å². The van der Waals surface area contributed by atoms with Crippen molar-refractivity contribution in [2.24, 2.45) is 0 Å². The largest absolute Gasteiger partial charge is 0.336 e. The molecule has 8 heteroatoms. The number of carbonyl (C=O) groups is 1. The normalized spacial score (nSPS) is 12.3. The summed E-state index contributed by atoms with van der Waals surface area (Å²) in [6, 6.07) is 14.0. The summed E-state index contributed by atoms with van der Waals surface area (Å²) in [4.78, 5) is 19.8. The molecule has 4 rings (SSSR count). The van der Waals surface area contributed by atoms with Crippen LogP contribution in [0.3, 0.4) is 0 Å². The number of nitrogens with one attached hydrogen (secondary N) is 2. The van der Waals surface area contributed by atoms with Gasteiger partial charge in [-0.1, -0.05) is 29.8 Å². The number of aromatic nitrogens is 3. The van der Waals surface area contributed by atoms with Crippen molar-refractivity contribution in [3.8, 4) is 11.4 Å². The summed E-state index contributed by atoms with van der Waals surface area (Å²) in [5.41, 5.74) is 1.72. The van der Waals surface area contributed by atoms with Crippen molar-refractivity contribution in [1.82, 2.24) is 15.3 Å². The van der Waals surface area contributed by atoms with Gasteiger partial charge in [-0.2, -0.15) is 4.40 Å². The number of hydrogen-bond donors (Lipinski definition) is 2. The standard InChI is InChI=1S/C21H15ClF2N4O/c22-15-7-3-5-13(11-15)20-26-18(16-8-1-2-10-28(16)20)21(29)27-17(19(23)24)14-6-4-9-25-12-14/h1-12,17,19H,(H,27,29)/p+1. The number of nitrogens with zero attached hydrogens (tertiary/aromatic N) is 2. The predicted octanol–water partition coefficient (Wildman–Crippen LogP) is 4.21. The average Bonchev–Trinajstić information content (AvgIpc) is 3.12. The number of hydrogen-bond acceptors (Lipinski definition) is 2. The Morgan fingerprint density at radius 1 is 1.14 bits per heavy atom. The van der Waals surface area contributed by atoms with Crippen molar-refractivity contribution in [3.05, 3.63) is 89.5 Å². The van der Waals surface area contributed by atoms with Crippen molar-refractivity contribution in [2.45, 2.75) is 12.5 Å². The fourth-order valence-electron chi connectivity index (χ4n) is 3.17. The monoisotopic (exact) mass is 413 g/mol. The van der Waals surface area contributed by atoms with Crippen LogP contribution in [-0.4, -0.2) is 22.3 Å². The third kappa shape index (κ3) is 3.82. The lowest BCUT2D eigenvalue weighted by atomic mass is 10.1. The van der Waals surface area contributed by atoms with Crippen molar-refractivity contribution in [2.75, 3.05) is 0 Å². The molecule has 3 heterocycles. The smallest absolute Gasteiger partial charge is 0.296 e. The quantitative estimate of drug-likeness (QED) is 0.481. The summed E-state index contributed by atoms with van der Waals surface area (Å²) in [7, 11) is 0. The maximum atomic E-state index is 13.6. The molecular weight excluding hydrogens is 398 g/mol. The molecule has 3 aromatic heterocycles. The molecule has 0 aliphatic rings. The Labute approximate surface area is 170 Å². The molecule has 4 aromatic rings. The first-order valence-electron chi connectivity index (χ1n) is 8.82. The minimum absolute atomic E-state index is 0.176. The second-order valence-corrected chi connectivity index (χ2v) is 6.82. The van der Waals surface area contributed by atoms with Crippen LogP contribution in [0.2, 0.25) is 5.02 Å². The highest BCUT2D eigenvalue weighted by Crippen LogP contribution is 2.23. The van der Waals surface area contributed by atoms with Crippen LogP contribution in [0.25, 0.3) is 16.9 Å². The molecule has 0 saturated carbocycles. The lowest BCUT2D eigenvalue weighted by molar-refractivity contribution is -0.498. The zero-order valence-corrected chi connectivity index (χ0v) is 15.8. The molecule has 0 spiro atoms. The summed E-state index contributed by atoms with van der Waals surface area (Å²) in [6.07, 6.45) is 1.80. The number of H-pyrrole nitrogens is 1. The first-order chi connectivity index (χ1) is 14.0. The number of benzene rings is 1. The molecule has 1 amide bonds. The van der Waals surface area contributed by atoms with Gasteiger partial charge in [0, 0.05) is 17.4 Å². The van der Waals surface area contributed by atoms with E-state index in [-0.39, 0.29) is 11.3 Å². The lowest BCUT2D eigenvalue weighted by Gasteiger charge is -2.16. The Hall–Kier alpha value is -3.32. The highest BCUT2D eigenvalue weighted by molar-refractivity contribution is 6.30. The van der Waals surface area contributed by atoms with E-state index in [4.69, 9.17) is 11.6 Å². The Morgan fingerprint density at radius 2 is 2.00 bits per heavy atom. The SMILES string of the molecule is O=C(NC(c1cccnc1)C(F)F)c1[nH]c(-c2cccc(Cl)c2)[n+]2ccccc12. The maximum absolute atomic E-state index is 13.6. The highest BCUT2D eigenvalue weighted by atomic mass is 35.5. The van der Waals surface area contributed by atoms with Gasteiger partial charge >= 0.3 is 0 Å². The van der Waals surface area contributed by atoms with Crippen LogP contribution < -0.4 is 9.72 Å². The molecule has 0 fully saturated rings. The van der Waals surface area contributed by atoms with Gasteiger partial charge in [0.15, 0.2) is 5.52 Å². The fraction of sp³-hybridized carbons (Fsp3) is 0.0952. The van der Waals surface area contributed by atoms with E-state index in [0.717, 1.165) is 5.56 Å². The number of rotatable bonds is 5. The average molecular weight is 414 g/mol. The second kappa shape index (κ2) is 7.97. The Bertz CT molecular complexity index is 1160. The minimum atomic E-state index is -2.79. The van der Waals surface area contributed by atoms with Gasteiger partial charge in [-0.15, -0.1) is 0 Å². The van der Waals surface area contributed by atoms with Gasteiger partial charge in [-0.05, 0) is 42.0 Å². The predicted molar refractivity (Wildman–Crippen MR) is 105 cm³/mol. The molecule has 2 N–H and O–H groups in total. The highest BCUT2D eigenvalue weighted by Gasteiger charge is 2.30. The van der Waals surface area contributed by atoms with Crippen molar-refractivity contribution in [3.63, 3.8) is 0 Å². The van der Waals surface area contributed by atoms with Gasteiger partial charge in [0.05, 0.1) is 11.8 Å². The Kier molecular flexibility index (Phi) is 5.22.